The Morgan fingerprint density at radius 3 is 2.83 bits per heavy atom. The molecule has 1 fully saturated rings. The van der Waals surface area contributed by atoms with Crippen LogP contribution in [0.1, 0.15) is 44.3 Å². The lowest BCUT2D eigenvalue weighted by atomic mass is 9.90. The molecule has 1 saturated heterocycles. The molecule has 9 heteroatoms. The van der Waals surface area contributed by atoms with Crippen molar-refractivity contribution in [2.45, 2.75) is 44.9 Å². The van der Waals surface area contributed by atoms with E-state index in [0.717, 1.165) is 13.0 Å². The molecule has 24 heavy (non-hydrogen) atoms. The normalized spacial score (nSPS) is 22.2. The third-order valence-corrected chi connectivity index (χ3v) is 4.28. The highest BCUT2D eigenvalue weighted by Gasteiger charge is 2.38. The van der Waals surface area contributed by atoms with E-state index in [1.165, 1.54) is 0 Å². The number of likely N-dealkylation sites (tertiary alicyclic amines) is 1. The molecule has 1 aliphatic rings. The Kier molecular flexibility index (Phi) is 4.55. The molecule has 0 saturated carbocycles. The number of hydrogen-bond donors (Lipinski definition) is 1. The summed E-state index contributed by atoms with van der Waals surface area (Å²) in [5.41, 5.74) is -0.365. The highest BCUT2D eigenvalue weighted by atomic mass is 16.5. The first-order chi connectivity index (χ1) is 11.4. The third kappa shape index (κ3) is 3.41. The minimum atomic E-state index is -0.990. The van der Waals surface area contributed by atoms with Gasteiger partial charge in [0.2, 0.25) is 5.89 Å². The average molecular weight is 335 g/mol. The van der Waals surface area contributed by atoms with E-state index in [4.69, 9.17) is 4.52 Å². The molecule has 1 N–H and O–H groups in total. The van der Waals surface area contributed by atoms with Crippen LogP contribution < -0.4 is 4.90 Å². The number of rotatable bonds is 5. The molecule has 0 aromatic carbocycles. The first kappa shape index (κ1) is 16.8. The van der Waals surface area contributed by atoms with Gasteiger partial charge in [0.25, 0.3) is 5.95 Å². The van der Waals surface area contributed by atoms with E-state index in [2.05, 4.69) is 25.4 Å². The lowest BCUT2D eigenvalue weighted by molar-refractivity contribution is -0.0436. The molecule has 0 unspecified atom stereocenters. The van der Waals surface area contributed by atoms with E-state index >= 15 is 0 Å². The fourth-order valence-electron chi connectivity index (χ4n) is 2.89. The summed E-state index contributed by atoms with van der Waals surface area (Å²) in [5.74, 6) is 1.10. The van der Waals surface area contributed by atoms with Crippen LogP contribution in [0.15, 0.2) is 10.7 Å². The molecule has 0 radical (unpaired) electrons. The zero-order valence-electron chi connectivity index (χ0n) is 14.7. The van der Waals surface area contributed by atoms with Crippen LogP contribution in [0.2, 0.25) is 0 Å². The fraction of sp³-hybridized carbons (Fsp3) is 0.733. The van der Waals surface area contributed by atoms with Crippen molar-refractivity contribution in [2.24, 2.45) is 0 Å². The van der Waals surface area contributed by atoms with Crippen molar-refractivity contribution in [1.29, 1.82) is 0 Å². The topological polar surface area (TPSA) is 96.3 Å². The van der Waals surface area contributed by atoms with Crippen LogP contribution in [0.4, 0.5) is 5.95 Å². The molecule has 3 rings (SSSR count). The second kappa shape index (κ2) is 6.48. The Morgan fingerprint density at radius 2 is 2.21 bits per heavy atom. The summed E-state index contributed by atoms with van der Waals surface area (Å²) in [5, 5.41) is 23.3. The van der Waals surface area contributed by atoms with Gasteiger partial charge in [-0.1, -0.05) is 5.21 Å². The number of anilines is 1. The summed E-state index contributed by atoms with van der Waals surface area (Å²) in [4.78, 5) is 8.26. The van der Waals surface area contributed by atoms with Gasteiger partial charge >= 0.3 is 0 Å². The molecule has 0 bridgehead atoms. The highest BCUT2D eigenvalue weighted by molar-refractivity contribution is 5.23. The minimum Gasteiger partial charge on any atom is -0.382 e. The number of β-amino-alcohol motifs (C(OH)–C–C–N with tert-alkyl or cyclic N) is 1. The van der Waals surface area contributed by atoms with Crippen LogP contribution in [-0.2, 0) is 12.1 Å². The number of hydrogen-bond acceptors (Lipinski definition) is 8. The summed E-state index contributed by atoms with van der Waals surface area (Å²) in [7, 11) is 3.73. The van der Waals surface area contributed by atoms with E-state index in [-0.39, 0.29) is 6.04 Å². The number of aromatic nitrogens is 5. The van der Waals surface area contributed by atoms with E-state index in [1.54, 1.807) is 9.58 Å². The third-order valence-electron chi connectivity index (χ3n) is 4.28. The molecular weight excluding hydrogens is 310 g/mol. The molecule has 3 heterocycles. The molecule has 1 atom stereocenters. The lowest BCUT2D eigenvalue weighted by Gasteiger charge is -2.37. The first-order valence-corrected chi connectivity index (χ1v) is 8.24. The Balaban J connectivity index is 1.70. The van der Waals surface area contributed by atoms with Gasteiger partial charge in [0.05, 0.1) is 12.7 Å². The Labute approximate surface area is 141 Å². The van der Waals surface area contributed by atoms with Crippen molar-refractivity contribution in [3.8, 4) is 0 Å². The maximum atomic E-state index is 11.0. The minimum absolute atomic E-state index is 0.220. The van der Waals surface area contributed by atoms with Gasteiger partial charge < -0.3 is 14.5 Å². The van der Waals surface area contributed by atoms with Crippen LogP contribution in [0.3, 0.4) is 0 Å². The number of aliphatic hydroxyl groups is 1. The smallest absolute Gasteiger partial charge is 0.265 e. The quantitative estimate of drug-likeness (QED) is 0.857. The second-order valence-corrected chi connectivity index (χ2v) is 6.91. The fourth-order valence-corrected chi connectivity index (χ4v) is 2.89. The van der Waals surface area contributed by atoms with Crippen LogP contribution in [-0.4, -0.2) is 62.3 Å². The summed E-state index contributed by atoms with van der Waals surface area (Å²) in [6.07, 6.45) is 3.39. The maximum absolute atomic E-state index is 11.0. The van der Waals surface area contributed by atoms with E-state index in [1.807, 2.05) is 34.1 Å². The zero-order valence-corrected chi connectivity index (χ0v) is 14.7. The van der Waals surface area contributed by atoms with Crippen LogP contribution in [0.25, 0.3) is 0 Å². The van der Waals surface area contributed by atoms with Crippen molar-refractivity contribution < 1.29 is 9.63 Å². The van der Waals surface area contributed by atoms with Gasteiger partial charge in [-0.15, -0.1) is 5.10 Å². The summed E-state index contributed by atoms with van der Waals surface area (Å²) in [6, 6.07) is 0.220. The Hall–Kier alpha value is -2.00. The molecule has 0 spiro atoms. The van der Waals surface area contributed by atoms with Gasteiger partial charge in [-0.3, -0.25) is 4.90 Å². The monoisotopic (exact) mass is 335 g/mol. The van der Waals surface area contributed by atoms with Crippen LogP contribution in [0, 0.1) is 0 Å². The Morgan fingerprint density at radius 1 is 1.42 bits per heavy atom. The van der Waals surface area contributed by atoms with Gasteiger partial charge in [-0.25, -0.2) is 4.68 Å². The van der Waals surface area contributed by atoms with E-state index < -0.39 is 5.60 Å². The number of piperidine rings is 1. The zero-order chi connectivity index (χ0) is 17.3. The predicted octanol–water partition coefficient (Wildman–Crippen LogP) is 0.792. The summed E-state index contributed by atoms with van der Waals surface area (Å²) >= 11 is 0. The molecule has 9 nitrogen and oxygen atoms in total. The molecular formula is C15H25N7O2. The van der Waals surface area contributed by atoms with Crippen molar-refractivity contribution in [3.05, 3.63) is 17.8 Å². The van der Waals surface area contributed by atoms with Crippen LogP contribution in [0.5, 0.6) is 0 Å². The Bertz CT molecular complexity index is 681. The maximum Gasteiger partial charge on any atom is 0.265 e. The molecule has 132 valence electrons. The average Bonchev–Trinajstić information content (AvgIpc) is 3.16. The standard InChI is InChI=1S/C15H25N7O2/c1-11(2)22-8-12(17-19-22)15(23)6-5-7-21(10-15)9-13-16-14(18-24-13)20(3)4/h8,11,23H,5-7,9-10H2,1-4H3/t15-/m1/s1. The molecule has 0 aliphatic carbocycles. The summed E-state index contributed by atoms with van der Waals surface area (Å²) < 4.78 is 7.05. The molecule has 2 aromatic rings. The predicted molar refractivity (Wildman–Crippen MR) is 87.4 cm³/mol. The summed E-state index contributed by atoms with van der Waals surface area (Å²) in [6.45, 7) is 5.94. The van der Waals surface area contributed by atoms with E-state index in [9.17, 15) is 5.11 Å². The largest absolute Gasteiger partial charge is 0.382 e. The molecule has 2 aromatic heterocycles. The van der Waals surface area contributed by atoms with Crippen molar-refractivity contribution in [1.82, 2.24) is 30.0 Å². The SMILES string of the molecule is CC(C)n1cc([C@@]2(O)CCCN(Cc3nc(N(C)C)no3)C2)nn1. The van der Waals surface area contributed by atoms with Gasteiger partial charge in [-0.05, 0) is 38.4 Å². The van der Waals surface area contributed by atoms with Crippen molar-refractivity contribution in [3.63, 3.8) is 0 Å². The highest BCUT2D eigenvalue weighted by Crippen LogP contribution is 2.31. The van der Waals surface area contributed by atoms with Crippen LogP contribution >= 0.6 is 0 Å². The second-order valence-electron chi connectivity index (χ2n) is 6.91. The van der Waals surface area contributed by atoms with E-state index in [0.29, 0.717) is 37.0 Å². The van der Waals surface area contributed by atoms with Gasteiger partial charge in [0.15, 0.2) is 0 Å². The molecule has 0 amide bonds. The lowest BCUT2D eigenvalue weighted by Crippen LogP contribution is -2.46. The number of nitrogens with zero attached hydrogens (tertiary/aromatic N) is 7. The van der Waals surface area contributed by atoms with Gasteiger partial charge in [0.1, 0.15) is 11.3 Å². The van der Waals surface area contributed by atoms with Crippen molar-refractivity contribution in [2.75, 3.05) is 32.1 Å². The van der Waals surface area contributed by atoms with Crippen molar-refractivity contribution >= 4 is 5.95 Å². The molecule has 1 aliphatic heterocycles. The van der Waals surface area contributed by atoms with Gasteiger partial charge in [-0.2, -0.15) is 4.98 Å². The first-order valence-electron chi connectivity index (χ1n) is 8.24. The van der Waals surface area contributed by atoms with Gasteiger partial charge in [0, 0.05) is 26.7 Å².